The molecule has 0 saturated heterocycles. The third-order valence-electron chi connectivity index (χ3n) is 2.61. The Morgan fingerprint density at radius 3 is 2.19 bits per heavy atom. The van der Waals surface area contributed by atoms with E-state index in [1.807, 2.05) is 18.3 Å². The van der Waals surface area contributed by atoms with Crippen LogP contribution in [0.25, 0.3) is 0 Å². The van der Waals surface area contributed by atoms with E-state index < -0.39 is 0 Å². The van der Waals surface area contributed by atoms with E-state index in [4.69, 9.17) is 11.6 Å². The lowest BCUT2D eigenvalue weighted by Gasteiger charge is -2.02. The predicted molar refractivity (Wildman–Crippen MR) is 67.8 cm³/mol. The summed E-state index contributed by atoms with van der Waals surface area (Å²) < 4.78 is 0. The zero-order valence-corrected chi connectivity index (χ0v) is 10.0. The van der Waals surface area contributed by atoms with Gasteiger partial charge in [-0.05, 0) is 37.0 Å². The predicted octanol–water partition coefficient (Wildman–Crippen LogP) is 3.83. The van der Waals surface area contributed by atoms with E-state index >= 15 is 0 Å². The van der Waals surface area contributed by atoms with Gasteiger partial charge in [0.15, 0.2) is 0 Å². The van der Waals surface area contributed by atoms with Gasteiger partial charge in [-0.1, -0.05) is 47.5 Å². The van der Waals surface area contributed by atoms with Gasteiger partial charge < -0.3 is 0 Å². The third kappa shape index (κ3) is 3.07. The Morgan fingerprint density at radius 1 is 0.938 bits per heavy atom. The van der Waals surface area contributed by atoms with Gasteiger partial charge in [0.1, 0.15) is 5.15 Å². The third-order valence-corrected chi connectivity index (χ3v) is 2.84. The van der Waals surface area contributed by atoms with E-state index in [1.165, 1.54) is 16.7 Å². The van der Waals surface area contributed by atoms with Crippen molar-refractivity contribution >= 4 is 11.6 Å². The summed E-state index contributed by atoms with van der Waals surface area (Å²) in [5.74, 6) is 0. The van der Waals surface area contributed by atoms with Gasteiger partial charge in [-0.3, -0.25) is 0 Å². The van der Waals surface area contributed by atoms with Gasteiger partial charge in [-0.25, -0.2) is 4.98 Å². The van der Waals surface area contributed by atoms with Crippen LogP contribution in [0.4, 0.5) is 0 Å². The van der Waals surface area contributed by atoms with Crippen molar-refractivity contribution in [2.45, 2.75) is 19.8 Å². The smallest absolute Gasteiger partial charge is 0.129 e. The minimum Gasteiger partial charge on any atom is -0.244 e. The number of hydrogen-bond donors (Lipinski definition) is 0. The van der Waals surface area contributed by atoms with Gasteiger partial charge in [0.2, 0.25) is 0 Å². The molecular formula is C14H14ClN. The molecule has 0 bridgehead atoms. The highest BCUT2D eigenvalue weighted by Gasteiger charge is 1.96. The maximum Gasteiger partial charge on any atom is 0.129 e. The van der Waals surface area contributed by atoms with E-state index in [2.05, 4.69) is 36.2 Å². The van der Waals surface area contributed by atoms with Crippen LogP contribution >= 0.6 is 11.6 Å². The molecule has 0 amide bonds. The van der Waals surface area contributed by atoms with Crippen LogP contribution in [0.2, 0.25) is 5.15 Å². The summed E-state index contributed by atoms with van der Waals surface area (Å²) in [6, 6.07) is 12.5. The van der Waals surface area contributed by atoms with E-state index in [9.17, 15) is 0 Å². The summed E-state index contributed by atoms with van der Waals surface area (Å²) in [5, 5.41) is 0.555. The number of aryl methyl sites for hydroxylation is 3. The molecule has 0 N–H and O–H groups in total. The molecule has 2 aromatic rings. The molecule has 0 atom stereocenters. The van der Waals surface area contributed by atoms with Crippen LogP contribution in [0, 0.1) is 6.92 Å². The minimum atomic E-state index is 0.555. The molecule has 0 aliphatic rings. The average molecular weight is 232 g/mol. The van der Waals surface area contributed by atoms with Crippen LogP contribution in [0.3, 0.4) is 0 Å². The fourth-order valence-corrected chi connectivity index (χ4v) is 1.71. The average Bonchev–Trinajstić information content (AvgIpc) is 2.30. The second-order valence-electron chi connectivity index (χ2n) is 3.97. The number of hydrogen-bond acceptors (Lipinski definition) is 1. The quantitative estimate of drug-likeness (QED) is 0.732. The van der Waals surface area contributed by atoms with Crippen LogP contribution < -0.4 is 0 Å². The van der Waals surface area contributed by atoms with Crippen molar-refractivity contribution in [1.29, 1.82) is 0 Å². The number of benzene rings is 1. The Bertz CT molecular complexity index is 400. The van der Waals surface area contributed by atoms with E-state index in [0.717, 1.165) is 12.8 Å². The van der Waals surface area contributed by atoms with Crippen molar-refractivity contribution in [3.05, 3.63) is 64.4 Å². The summed E-state index contributed by atoms with van der Waals surface area (Å²) in [6.07, 6.45) is 3.90. The van der Waals surface area contributed by atoms with Crippen molar-refractivity contribution < 1.29 is 0 Å². The molecule has 0 aliphatic carbocycles. The number of rotatable bonds is 3. The summed E-state index contributed by atoms with van der Waals surface area (Å²) in [5.41, 5.74) is 3.89. The molecule has 0 unspecified atom stereocenters. The number of pyridine rings is 1. The zero-order chi connectivity index (χ0) is 11.4. The van der Waals surface area contributed by atoms with Crippen LogP contribution in [0.15, 0.2) is 42.6 Å². The number of halogens is 1. The SMILES string of the molecule is Cc1ccc(CCc2ccc(Cl)nc2)cc1. The Labute approximate surface area is 101 Å². The van der Waals surface area contributed by atoms with Crippen molar-refractivity contribution in [2.24, 2.45) is 0 Å². The fourth-order valence-electron chi connectivity index (χ4n) is 1.60. The first-order chi connectivity index (χ1) is 7.74. The molecule has 2 heteroatoms. The molecule has 1 aromatic heterocycles. The first kappa shape index (κ1) is 11.2. The standard InChI is InChI=1S/C14H14ClN/c1-11-2-4-12(5-3-11)6-7-13-8-9-14(15)16-10-13/h2-5,8-10H,6-7H2,1H3. The lowest BCUT2D eigenvalue weighted by Crippen LogP contribution is -1.92. The van der Waals surface area contributed by atoms with E-state index in [0.29, 0.717) is 5.15 Å². The normalized spacial score (nSPS) is 10.4. The Morgan fingerprint density at radius 2 is 1.56 bits per heavy atom. The first-order valence-electron chi connectivity index (χ1n) is 5.40. The van der Waals surface area contributed by atoms with Crippen LogP contribution in [-0.4, -0.2) is 4.98 Å². The summed E-state index contributed by atoms with van der Waals surface area (Å²) in [4.78, 5) is 4.07. The van der Waals surface area contributed by atoms with Gasteiger partial charge in [-0.15, -0.1) is 0 Å². The molecule has 1 aromatic carbocycles. The molecule has 0 fully saturated rings. The van der Waals surface area contributed by atoms with Gasteiger partial charge in [0.25, 0.3) is 0 Å². The maximum atomic E-state index is 5.74. The molecular weight excluding hydrogens is 218 g/mol. The van der Waals surface area contributed by atoms with Crippen molar-refractivity contribution in [3.63, 3.8) is 0 Å². The molecule has 0 aliphatic heterocycles. The molecule has 1 nitrogen and oxygen atoms in total. The van der Waals surface area contributed by atoms with Crippen LogP contribution in [-0.2, 0) is 12.8 Å². The monoisotopic (exact) mass is 231 g/mol. The number of nitrogens with zero attached hydrogens (tertiary/aromatic N) is 1. The summed E-state index contributed by atoms with van der Waals surface area (Å²) >= 11 is 5.74. The van der Waals surface area contributed by atoms with Gasteiger partial charge in [0, 0.05) is 6.20 Å². The summed E-state index contributed by atoms with van der Waals surface area (Å²) in [6.45, 7) is 2.10. The maximum absolute atomic E-state index is 5.74. The van der Waals surface area contributed by atoms with Crippen LogP contribution in [0.1, 0.15) is 16.7 Å². The molecule has 16 heavy (non-hydrogen) atoms. The van der Waals surface area contributed by atoms with Crippen molar-refractivity contribution in [3.8, 4) is 0 Å². The lowest BCUT2D eigenvalue weighted by atomic mass is 10.0. The number of aromatic nitrogens is 1. The molecule has 1 heterocycles. The van der Waals surface area contributed by atoms with Crippen molar-refractivity contribution in [2.75, 3.05) is 0 Å². The molecule has 0 radical (unpaired) electrons. The van der Waals surface area contributed by atoms with Gasteiger partial charge in [-0.2, -0.15) is 0 Å². The van der Waals surface area contributed by atoms with Crippen molar-refractivity contribution in [1.82, 2.24) is 4.98 Å². The molecule has 2 rings (SSSR count). The Hall–Kier alpha value is -1.34. The zero-order valence-electron chi connectivity index (χ0n) is 9.28. The topological polar surface area (TPSA) is 12.9 Å². The van der Waals surface area contributed by atoms with E-state index in [-0.39, 0.29) is 0 Å². The highest BCUT2D eigenvalue weighted by molar-refractivity contribution is 6.29. The lowest BCUT2D eigenvalue weighted by molar-refractivity contribution is 0.949. The fraction of sp³-hybridized carbons (Fsp3) is 0.214. The van der Waals surface area contributed by atoms with Crippen LogP contribution in [0.5, 0.6) is 0 Å². The molecule has 0 saturated carbocycles. The highest BCUT2D eigenvalue weighted by atomic mass is 35.5. The second-order valence-corrected chi connectivity index (χ2v) is 4.36. The second kappa shape index (κ2) is 5.13. The largest absolute Gasteiger partial charge is 0.244 e. The first-order valence-corrected chi connectivity index (χ1v) is 5.78. The van der Waals surface area contributed by atoms with Gasteiger partial charge in [0.05, 0.1) is 0 Å². The van der Waals surface area contributed by atoms with E-state index in [1.54, 1.807) is 0 Å². The molecule has 82 valence electrons. The molecule has 0 spiro atoms. The Balaban J connectivity index is 1.97. The Kier molecular flexibility index (Phi) is 3.58. The minimum absolute atomic E-state index is 0.555. The summed E-state index contributed by atoms with van der Waals surface area (Å²) in [7, 11) is 0. The highest BCUT2D eigenvalue weighted by Crippen LogP contribution is 2.10. The van der Waals surface area contributed by atoms with Gasteiger partial charge >= 0.3 is 0 Å².